The molecule has 0 aliphatic heterocycles. The monoisotopic (exact) mass is 286 g/mol. The predicted octanol–water partition coefficient (Wildman–Crippen LogP) is 0.969. The molecule has 19 heavy (non-hydrogen) atoms. The van der Waals surface area contributed by atoms with Crippen LogP contribution in [0.25, 0.3) is 0 Å². The number of rotatable bonds is 4. The Morgan fingerprint density at radius 1 is 1.32 bits per heavy atom. The van der Waals surface area contributed by atoms with E-state index in [1.807, 2.05) is 10.9 Å². The molecule has 1 aromatic carbocycles. The van der Waals surface area contributed by atoms with E-state index < -0.39 is 11.9 Å². The van der Waals surface area contributed by atoms with Crippen molar-refractivity contribution >= 4 is 23.5 Å². The van der Waals surface area contributed by atoms with Crippen LogP contribution < -0.4 is 10.9 Å². The molecule has 0 spiro atoms. The SMILES string of the molecule is O=NN(CCCl)C(=O)NNC(=O)c1ccccc1O. The van der Waals surface area contributed by atoms with Crippen LogP contribution in [0.15, 0.2) is 29.6 Å². The average Bonchev–Trinajstić information content (AvgIpc) is 2.42. The second-order valence-electron chi connectivity index (χ2n) is 3.30. The Kier molecular flexibility index (Phi) is 5.55. The van der Waals surface area contributed by atoms with E-state index >= 15 is 0 Å². The number of hydrogen-bond acceptors (Lipinski definition) is 5. The number of nitrogens with one attached hydrogen (secondary N) is 2. The van der Waals surface area contributed by atoms with Crippen LogP contribution in [0.3, 0.4) is 0 Å². The lowest BCUT2D eigenvalue weighted by atomic mass is 10.2. The molecule has 0 atom stereocenters. The van der Waals surface area contributed by atoms with Crippen LogP contribution in [0, 0.1) is 4.91 Å². The number of nitrogens with zero attached hydrogens (tertiary/aromatic N) is 2. The number of para-hydroxylation sites is 1. The first-order valence-electron chi connectivity index (χ1n) is 5.15. The zero-order valence-corrected chi connectivity index (χ0v) is 10.4. The Balaban J connectivity index is 2.57. The zero-order chi connectivity index (χ0) is 14.3. The van der Waals surface area contributed by atoms with Gasteiger partial charge in [0.15, 0.2) is 0 Å². The summed E-state index contributed by atoms with van der Waals surface area (Å²) in [4.78, 5) is 33.3. The Morgan fingerprint density at radius 2 is 2.00 bits per heavy atom. The zero-order valence-electron chi connectivity index (χ0n) is 9.67. The number of carbonyl (C=O) groups is 2. The molecule has 9 heteroatoms. The van der Waals surface area contributed by atoms with E-state index in [1.165, 1.54) is 12.1 Å². The quantitative estimate of drug-likeness (QED) is 0.435. The topological polar surface area (TPSA) is 111 Å². The van der Waals surface area contributed by atoms with Crippen LogP contribution >= 0.6 is 11.6 Å². The first-order valence-corrected chi connectivity index (χ1v) is 5.68. The number of hydrogen-bond donors (Lipinski definition) is 3. The van der Waals surface area contributed by atoms with Gasteiger partial charge in [0.25, 0.3) is 5.91 Å². The summed E-state index contributed by atoms with van der Waals surface area (Å²) >= 11 is 5.36. The van der Waals surface area contributed by atoms with Crippen LogP contribution in [0.1, 0.15) is 10.4 Å². The van der Waals surface area contributed by atoms with E-state index in [0.29, 0.717) is 5.01 Å². The number of phenols is 1. The van der Waals surface area contributed by atoms with Crippen molar-refractivity contribution in [3.63, 3.8) is 0 Å². The van der Waals surface area contributed by atoms with E-state index in [-0.39, 0.29) is 23.7 Å². The lowest BCUT2D eigenvalue weighted by Gasteiger charge is -2.13. The summed E-state index contributed by atoms with van der Waals surface area (Å²) in [6.45, 7) is -0.0939. The second-order valence-corrected chi connectivity index (χ2v) is 3.67. The third-order valence-corrected chi connectivity index (χ3v) is 2.23. The smallest absolute Gasteiger partial charge is 0.359 e. The fourth-order valence-corrected chi connectivity index (χ4v) is 1.33. The molecular weight excluding hydrogens is 276 g/mol. The molecule has 0 fully saturated rings. The van der Waals surface area contributed by atoms with Crippen LogP contribution in [0.5, 0.6) is 5.75 Å². The van der Waals surface area contributed by atoms with Gasteiger partial charge in [-0.3, -0.25) is 10.2 Å². The highest BCUT2D eigenvalue weighted by Gasteiger charge is 2.15. The van der Waals surface area contributed by atoms with Crippen molar-refractivity contribution in [1.29, 1.82) is 0 Å². The Morgan fingerprint density at radius 3 is 2.58 bits per heavy atom. The van der Waals surface area contributed by atoms with Crippen molar-refractivity contribution in [1.82, 2.24) is 15.9 Å². The van der Waals surface area contributed by atoms with E-state index in [4.69, 9.17) is 11.6 Å². The Hall–Kier alpha value is -2.35. The highest BCUT2D eigenvalue weighted by molar-refractivity contribution is 6.18. The fourth-order valence-electron chi connectivity index (χ4n) is 1.17. The molecule has 1 rings (SSSR count). The molecule has 102 valence electrons. The van der Waals surface area contributed by atoms with Gasteiger partial charge in [-0.25, -0.2) is 10.2 Å². The van der Waals surface area contributed by atoms with Gasteiger partial charge in [-0.2, -0.15) is 5.01 Å². The molecule has 0 saturated carbocycles. The van der Waals surface area contributed by atoms with Gasteiger partial charge in [-0.1, -0.05) is 12.1 Å². The number of benzene rings is 1. The molecule has 0 aromatic heterocycles. The van der Waals surface area contributed by atoms with Gasteiger partial charge in [0.05, 0.1) is 17.4 Å². The molecule has 0 bridgehead atoms. The molecule has 0 radical (unpaired) electrons. The summed E-state index contributed by atoms with van der Waals surface area (Å²) in [6.07, 6.45) is 0. The highest BCUT2D eigenvalue weighted by Crippen LogP contribution is 2.14. The molecule has 0 heterocycles. The minimum Gasteiger partial charge on any atom is -0.507 e. The normalized spacial score (nSPS) is 9.53. The number of amides is 3. The maximum Gasteiger partial charge on any atom is 0.359 e. The number of carbonyl (C=O) groups excluding carboxylic acids is 2. The van der Waals surface area contributed by atoms with E-state index in [1.54, 1.807) is 12.1 Å². The molecule has 0 saturated heterocycles. The summed E-state index contributed by atoms with van der Waals surface area (Å²) in [5.74, 6) is -0.949. The number of hydrazine groups is 1. The number of urea groups is 1. The highest BCUT2D eigenvalue weighted by atomic mass is 35.5. The summed E-state index contributed by atoms with van der Waals surface area (Å²) in [6, 6.07) is 4.85. The second kappa shape index (κ2) is 7.17. The third-order valence-electron chi connectivity index (χ3n) is 2.06. The van der Waals surface area contributed by atoms with Gasteiger partial charge < -0.3 is 5.11 Å². The molecule has 8 nitrogen and oxygen atoms in total. The van der Waals surface area contributed by atoms with Gasteiger partial charge in [-0.05, 0) is 12.1 Å². The predicted molar refractivity (Wildman–Crippen MR) is 67.3 cm³/mol. The van der Waals surface area contributed by atoms with Crippen molar-refractivity contribution in [2.24, 2.45) is 5.29 Å². The first kappa shape index (κ1) is 14.7. The Labute approximate surface area is 113 Å². The maximum atomic E-state index is 11.6. The van der Waals surface area contributed by atoms with Gasteiger partial charge in [0.1, 0.15) is 5.75 Å². The number of phenolic OH excluding ortho intramolecular Hbond substituents is 1. The van der Waals surface area contributed by atoms with Crippen LogP contribution in [0.4, 0.5) is 4.79 Å². The van der Waals surface area contributed by atoms with Crippen molar-refractivity contribution in [3.8, 4) is 5.75 Å². The summed E-state index contributed by atoms with van der Waals surface area (Å²) in [7, 11) is 0. The minimum atomic E-state index is -0.931. The summed E-state index contributed by atoms with van der Waals surface area (Å²) in [5.41, 5.74) is 3.98. The summed E-state index contributed by atoms with van der Waals surface area (Å²) in [5, 5.41) is 12.4. The molecule has 0 aliphatic carbocycles. The van der Waals surface area contributed by atoms with E-state index in [9.17, 15) is 19.6 Å². The van der Waals surface area contributed by atoms with Gasteiger partial charge in [-0.15, -0.1) is 16.5 Å². The molecular formula is C10H11ClN4O4. The molecule has 3 N–H and O–H groups in total. The molecule has 0 unspecified atom stereocenters. The standard InChI is InChI=1S/C10H11ClN4O4/c11-5-6-15(14-19)10(18)13-12-9(17)7-3-1-2-4-8(7)16/h1-4,16H,5-6H2,(H,12,17)(H,13,18). The minimum absolute atomic E-state index is 0.0204. The van der Waals surface area contributed by atoms with Crippen molar-refractivity contribution in [2.75, 3.05) is 12.4 Å². The van der Waals surface area contributed by atoms with Crippen LogP contribution in [-0.2, 0) is 0 Å². The third kappa shape index (κ3) is 4.11. The van der Waals surface area contributed by atoms with Crippen molar-refractivity contribution < 1.29 is 14.7 Å². The lowest BCUT2D eigenvalue weighted by Crippen LogP contribution is -2.47. The average molecular weight is 287 g/mol. The number of aromatic hydroxyl groups is 1. The number of alkyl halides is 1. The van der Waals surface area contributed by atoms with Crippen molar-refractivity contribution in [3.05, 3.63) is 34.7 Å². The van der Waals surface area contributed by atoms with Gasteiger partial charge in [0.2, 0.25) is 0 Å². The fraction of sp³-hybridized carbons (Fsp3) is 0.200. The number of halogens is 1. The van der Waals surface area contributed by atoms with Crippen LogP contribution in [0.2, 0.25) is 0 Å². The van der Waals surface area contributed by atoms with Crippen LogP contribution in [-0.4, -0.2) is 34.5 Å². The van der Waals surface area contributed by atoms with Gasteiger partial charge in [0, 0.05) is 5.88 Å². The largest absolute Gasteiger partial charge is 0.507 e. The molecule has 1 aromatic rings. The lowest BCUT2D eigenvalue weighted by molar-refractivity contribution is 0.0927. The number of nitroso groups, excluding NO2 is 1. The van der Waals surface area contributed by atoms with E-state index in [0.717, 1.165) is 0 Å². The molecule has 0 aliphatic rings. The summed E-state index contributed by atoms with van der Waals surface area (Å²) < 4.78 is 0. The Bertz CT molecular complexity index is 482. The van der Waals surface area contributed by atoms with Crippen molar-refractivity contribution in [2.45, 2.75) is 0 Å². The first-order chi connectivity index (χ1) is 9.10. The molecule has 3 amide bonds. The van der Waals surface area contributed by atoms with Gasteiger partial charge >= 0.3 is 6.03 Å². The maximum absolute atomic E-state index is 11.6. The van der Waals surface area contributed by atoms with E-state index in [2.05, 4.69) is 5.29 Å².